The van der Waals surface area contributed by atoms with Gasteiger partial charge in [-0.2, -0.15) is 0 Å². The number of nitrogens with two attached hydrogens (primary N) is 1. The van der Waals surface area contributed by atoms with Crippen LogP contribution in [0.25, 0.3) is 11.2 Å². The molecule has 2 aromatic heterocycles. The highest BCUT2D eigenvalue weighted by atomic mass is 32.2. The fraction of sp³-hybridized carbons (Fsp3) is 0.227. The zero-order chi connectivity index (χ0) is 20.9. The van der Waals surface area contributed by atoms with Gasteiger partial charge in [-0.25, -0.2) is 15.0 Å². The first kappa shape index (κ1) is 20.0. The summed E-state index contributed by atoms with van der Waals surface area (Å²) >= 11 is 1.50. The van der Waals surface area contributed by atoms with Crippen molar-refractivity contribution in [2.24, 2.45) is 0 Å². The molecule has 2 N–H and O–H groups in total. The number of imidazole rings is 1. The van der Waals surface area contributed by atoms with Gasteiger partial charge in [-0.05, 0) is 48.4 Å². The lowest BCUT2D eigenvalue weighted by atomic mass is 10.1. The van der Waals surface area contributed by atoms with E-state index >= 15 is 0 Å². The number of fused-ring (bicyclic) bond motifs is 1. The molecule has 7 nitrogen and oxygen atoms in total. The molecule has 4 aromatic rings. The third-order valence-electron chi connectivity index (χ3n) is 4.79. The number of aryl methyl sites for hydroxylation is 2. The van der Waals surface area contributed by atoms with Crippen LogP contribution in [-0.4, -0.2) is 33.7 Å². The van der Waals surface area contributed by atoms with Gasteiger partial charge in [-0.15, -0.1) is 0 Å². The normalized spacial score (nSPS) is 11.0. The number of hydrogen-bond acceptors (Lipinski definition) is 7. The monoisotopic (exact) mass is 421 g/mol. The number of aromatic nitrogens is 4. The number of hydrogen-bond donors (Lipinski definition) is 1. The second-order valence-electron chi connectivity index (χ2n) is 6.69. The fourth-order valence-corrected chi connectivity index (χ4v) is 4.31. The van der Waals surface area contributed by atoms with Crippen molar-refractivity contribution >= 4 is 28.7 Å². The van der Waals surface area contributed by atoms with Crippen LogP contribution in [0.2, 0.25) is 0 Å². The number of nitrogen functional groups attached to an aromatic ring is 1. The van der Waals surface area contributed by atoms with E-state index in [1.54, 1.807) is 14.2 Å². The highest BCUT2D eigenvalue weighted by Gasteiger charge is 2.18. The molecule has 0 amide bonds. The molecule has 0 saturated carbocycles. The number of anilines is 1. The topological polar surface area (TPSA) is 88.1 Å². The summed E-state index contributed by atoms with van der Waals surface area (Å²) < 4.78 is 13.0. The predicted octanol–water partition coefficient (Wildman–Crippen LogP) is 4.21. The van der Waals surface area contributed by atoms with Crippen molar-refractivity contribution in [1.82, 2.24) is 19.5 Å². The van der Waals surface area contributed by atoms with Crippen LogP contribution in [0.5, 0.6) is 11.5 Å². The minimum atomic E-state index is 0.376. The molecule has 2 heterocycles. The first-order valence-electron chi connectivity index (χ1n) is 9.60. The van der Waals surface area contributed by atoms with Crippen molar-refractivity contribution in [3.63, 3.8) is 0 Å². The van der Waals surface area contributed by atoms with E-state index < -0.39 is 0 Å². The van der Waals surface area contributed by atoms with Crippen molar-refractivity contribution < 1.29 is 9.47 Å². The maximum atomic E-state index is 6.07. The average molecular weight is 422 g/mol. The molecule has 4 rings (SSSR count). The molecule has 0 aliphatic heterocycles. The molecule has 2 aromatic carbocycles. The molecular formula is C22H23N5O2S. The minimum Gasteiger partial charge on any atom is -0.497 e. The summed E-state index contributed by atoms with van der Waals surface area (Å²) in [6.07, 6.45) is 3.39. The second-order valence-corrected chi connectivity index (χ2v) is 7.69. The van der Waals surface area contributed by atoms with Gasteiger partial charge < -0.3 is 19.8 Å². The van der Waals surface area contributed by atoms with Crippen LogP contribution in [-0.2, 0) is 13.0 Å². The Morgan fingerprint density at radius 3 is 2.63 bits per heavy atom. The van der Waals surface area contributed by atoms with Gasteiger partial charge in [0, 0.05) is 6.54 Å². The highest BCUT2D eigenvalue weighted by Crippen LogP contribution is 2.38. The largest absolute Gasteiger partial charge is 0.497 e. The van der Waals surface area contributed by atoms with Crippen molar-refractivity contribution in [2.45, 2.75) is 29.4 Å². The highest BCUT2D eigenvalue weighted by molar-refractivity contribution is 7.99. The Morgan fingerprint density at radius 2 is 1.87 bits per heavy atom. The van der Waals surface area contributed by atoms with E-state index in [9.17, 15) is 0 Å². The predicted molar refractivity (Wildman–Crippen MR) is 118 cm³/mol. The molecule has 0 radical (unpaired) electrons. The lowest BCUT2D eigenvalue weighted by molar-refractivity contribution is 0.394. The Hall–Kier alpha value is -3.26. The van der Waals surface area contributed by atoms with E-state index in [0.29, 0.717) is 11.3 Å². The van der Waals surface area contributed by atoms with Crippen LogP contribution in [0.15, 0.2) is 64.9 Å². The molecule has 30 heavy (non-hydrogen) atoms. The zero-order valence-corrected chi connectivity index (χ0v) is 17.7. The Labute approximate surface area is 179 Å². The number of ether oxygens (including phenoxy) is 2. The lowest BCUT2D eigenvalue weighted by Crippen LogP contribution is -2.03. The molecule has 0 fully saturated rings. The first-order chi connectivity index (χ1) is 14.7. The molecule has 0 atom stereocenters. The summed E-state index contributed by atoms with van der Waals surface area (Å²) in [5.74, 6) is 1.88. The summed E-state index contributed by atoms with van der Waals surface area (Å²) in [5.41, 5.74) is 8.73. The second kappa shape index (κ2) is 9.04. The van der Waals surface area contributed by atoms with E-state index in [4.69, 9.17) is 20.2 Å². The van der Waals surface area contributed by atoms with Crippen molar-refractivity contribution in [3.05, 3.63) is 60.4 Å². The van der Waals surface area contributed by atoms with Gasteiger partial charge in [0.2, 0.25) is 0 Å². The van der Waals surface area contributed by atoms with E-state index in [1.165, 1.54) is 23.7 Å². The number of benzene rings is 2. The molecule has 0 aliphatic rings. The van der Waals surface area contributed by atoms with Gasteiger partial charge in [-0.1, -0.05) is 30.3 Å². The van der Waals surface area contributed by atoms with Gasteiger partial charge in [0.15, 0.2) is 22.1 Å². The van der Waals surface area contributed by atoms with Crippen LogP contribution in [0, 0.1) is 0 Å². The maximum Gasteiger partial charge on any atom is 0.175 e. The van der Waals surface area contributed by atoms with Crippen LogP contribution >= 0.6 is 11.8 Å². The summed E-state index contributed by atoms with van der Waals surface area (Å²) in [6.45, 7) is 0.760. The molecule has 0 aliphatic carbocycles. The molecule has 0 bridgehead atoms. The van der Waals surface area contributed by atoms with E-state index in [2.05, 4.69) is 38.8 Å². The van der Waals surface area contributed by atoms with Gasteiger partial charge in [0.1, 0.15) is 17.8 Å². The minimum absolute atomic E-state index is 0.376. The van der Waals surface area contributed by atoms with Crippen molar-refractivity contribution in [2.75, 3.05) is 20.0 Å². The van der Waals surface area contributed by atoms with Crippen LogP contribution in [0.1, 0.15) is 12.0 Å². The Bertz CT molecular complexity index is 1150. The first-order valence-corrected chi connectivity index (χ1v) is 10.4. The van der Waals surface area contributed by atoms with Crippen molar-refractivity contribution in [1.29, 1.82) is 0 Å². The van der Waals surface area contributed by atoms with E-state index in [0.717, 1.165) is 46.6 Å². The third kappa shape index (κ3) is 4.18. The maximum absolute atomic E-state index is 6.07. The number of nitrogens with zero attached hydrogens (tertiary/aromatic N) is 4. The molecule has 0 spiro atoms. The quantitative estimate of drug-likeness (QED) is 0.456. The third-order valence-corrected chi connectivity index (χ3v) is 5.82. The van der Waals surface area contributed by atoms with Gasteiger partial charge in [0.05, 0.1) is 19.1 Å². The van der Waals surface area contributed by atoms with Crippen molar-refractivity contribution in [3.8, 4) is 11.5 Å². The SMILES string of the molecule is COc1ccc(OC)c(Sc2nc3c(N)ncnc3n2CCCc2ccccc2)c1. The van der Waals surface area contributed by atoms with Gasteiger partial charge in [0.25, 0.3) is 0 Å². The van der Waals surface area contributed by atoms with Gasteiger partial charge in [-0.3, -0.25) is 0 Å². The molecule has 154 valence electrons. The van der Waals surface area contributed by atoms with Crippen LogP contribution in [0.4, 0.5) is 5.82 Å². The summed E-state index contributed by atoms with van der Waals surface area (Å²) in [4.78, 5) is 14.2. The lowest BCUT2D eigenvalue weighted by Gasteiger charge is -2.11. The zero-order valence-electron chi connectivity index (χ0n) is 16.9. The summed E-state index contributed by atoms with van der Waals surface area (Å²) in [7, 11) is 3.30. The summed E-state index contributed by atoms with van der Waals surface area (Å²) in [6, 6.07) is 16.1. The van der Waals surface area contributed by atoms with Crippen LogP contribution in [0.3, 0.4) is 0 Å². The van der Waals surface area contributed by atoms with Gasteiger partial charge >= 0.3 is 0 Å². The standard InChI is InChI=1S/C22H23N5O2S/c1-28-16-10-11-17(29-2)18(13-16)30-22-26-19-20(23)24-14-25-21(19)27(22)12-6-9-15-7-4-3-5-8-15/h3-5,7-8,10-11,13-14H,6,9,12H2,1-2H3,(H2,23,24,25). The molecule has 0 saturated heterocycles. The average Bonchev–Trinajstić information content (AvgIpc) is 3.13. The Balaban J connectivity index is 1.67. The Kier molecular flexibility index (Phi) is 6.04. The smallest absolute Gasteiger partial charge is 0.175 e. The molecule has 0 unspecified atom stereocenters. The summed E-state index contributed by atoms with van der Waals surface area (Å²) in [5, 5.41) is 0.789. The fourth-order valence-electron chi connectivity index (χ4n) is 3.26. The molecular weight excluding hydrogens is 398 g/mol. The van der Waals surface area contributed by atoms with E-state index in [-0.39, 0.29) is 0 Å². The van der Waals surface area contributed by atoms with Crippen LogP contribution < -0.4 is 15.2 Å². The Morgan fingerprint density at radius 1 is 1.03 bits per heavy atom. The van der Waals surface area contributed by atoms with E-state index in [1.807, 2.05) is 24.3 Å². The number of methoxy groups -OCH3 is 2. The molecule has 8 heteroatoms. The number of rotatable bonds is 8.